The van der Waals surface area contributed by atoms with Gasteiger partial charge in [0.05, 0.1) is 0 Å². The van der Waals surface area contributed by atoms with E-state index in [1.165, 1.54) is 25.1 Å². The molecule has 0 aliphatic carbocycles. The maximum Gasteiger partial charge on any atom is 0.157 e. The van der Waals surface area contributed by atoms with Crippen molar-refractivity contribution in [2.24, 2.45) is 0 Å². The highest BCUT2D eigenvalue weighted by Crippen LogP contribution is 2.08. The quantitative estimate of drug-likeness (QED) is 0.786. The summed E-state index contributed by atoms with van der Waals surface area (Å²) in [5.41, 5.74) is 0.235. The number of ketones is 1. The first-order chi connectivity index (χ1) is 7.44. The fraction of sp³-hybridized carbons (Fsp3) is 0.364. The minimum absolute atomic E-state index is 0.0734. The molecule has 0 aromatic heterocycles. The minimum Gasteiger partial charge on any atom is -0.298 e. The molecule has 1 aromatic rings. The molecule has 0 spiro atoms. The van der Waals surface area contributed by atoms with E-state index < -0.39 is 27.2 Å². The molecule has 16 heavy (non-hydrogen) atoms. The molecule has 0 heterocycles. The SMILES string of the molecule is CCS(=O)(=O)CC(=O)Cc1ccccc1F. The number of carbonyl (C=O) groups excluding carboxylic acids is 1. The van der Waals surface area contributed by atoms with Gasteiger partial charge in [-0.25, -0.2) is 12.8 Å². The van der Waals surface area contributed by atoms with Gasteiger partial charge in [-0.05, 0) is 11.6 Å². The summed E-state index contributed by atoms with van der Waals surface area (Å²) in [6, 6.07) is 5.86. The van der Waals surface area contributed by atoms with Gasteiger partial charge in [-0.3, -0.25) is 4.79 Å². The summed E-state index contributed by atoms with van der Waals surface area (Å²) in [5, 5.41) is 0. The van der Waals surface area contributed by atoms with Crippen LogP contribution in [0, 0.1) is 5.82 Å². The number of halogens is 1. The van der Waals surface area contributed by atoms with Crippen LogP contribution in [0.3, 0.4) is 0 Å². The second kappa shape index (κ2) is 5.21. The number of sulfone groups is 1. The monoisotopic (exact) mass is 244 g/mol. The van der Waals surface area contributed by atoms with Crippen LogP contribution in [0.1, 0.15) is 12.5 Å². The molecule has 0 aliphatic rings. The average molecular weight is 244 g/mol. The van der Waals surface area contributed by atoms with Crippen molar-refractivity contribution in [2.75, 3.05) is 11.5 Å². The van der Waals surface area contributed by atoms with Gasteiger partial charge in [0.2, 0.25) is 0 Å². The normalized spacial score (nSPS) is 11.4. The molecule has 88 valence electrons. The van der Waals surface area contributed by atoms with Crippen molar-refractivity contribution in [3.05, 3.63) is 35.6 Å². The van der Waals surface area contributed by atoms with Gasteiger partial charge in [0, 0.05) is 12.2 Å². The van der Waals surface area contributed by atoms with Crippen LogP contribution in [0.15, 0.2) is 24.3 Å². The highest BCUT2D eigenvalue weighted by atomic mass is 32.2. The number of hydrogen-bond acceptors (Lipinski definition) is 3. The molecule has 1 rings (SSSR count). The minimum atomic E-state index is -3.32. The summed E-state index contributed by atoms with van der Waals surface area (Å²) in [7, 11) is -3.32. The van der Waals surface area contributed by atoms with E-state index in [-0.39, 0.29) is 17.7 Å². The lowest BCUT2D eigenvalue weighted by Gasteiger charge is -2.02. The van der Waals surface area contributed by atoms with Crippen LogP contribution in [0.4, 0.5) is 4.39 Å². The fourth-order valence-electron chi connectivity index (χ4n) is 1.25. The Morgan fingerprint density at radius 3 is 2.50 bits per heavy atom. The van der Waals surface area contributed by atoms with Gasteiger partial charge in [0.1, 0.15) is 11.6 Å². The predicted octanol–water partition coefficient (Wildman–Crippen LogP) is 1.37. The third-order valence-corrected chi connectivity index (χ3v) is 3.81. The lowest BCUT2D eigenvalue weighted by atomic mass is 10.1. The van der Waals surface area contributed by atoms with Gasteiger partial charge in [0.25, 0.3) is 0 Å². The van der Waals surface area contributed by atoms with Crippen LogP contribution in [0.5, 0.6) is 0 Å². The molecule has 0 aliphatic heterocycles. The van der Waals surface area contributed by atoms with Crippen molar-refractivity contribution in [1.29, 1.82) is 0 Å². The highest BCUT2D eigenvalue weighted by molar-refractivity contribution is 7.92. The molecular formula is C11H13FO3S. The second-order valence-corrected chi connectivity index (χ2v) is 5.84. The van der Waals surface area contributed by atoms with Gasteiger partial charge in [-0.2, -0.15) is 0 Å². The molecule has 5 heteroatoms. The summed E-state index contributed by atoms with van der Waals surface area (Å²) >= 11 is 0. The Morgan fingerprint density at radius 2 is 1.94 bits per heavy atom. The number of benzene rings is 1. The summed E-state index contributed by atoms with van der Waals surface area (Å²) in [5.74, 6) is -1.55. The Labute approximate surface area is 94.2 Å². The van der Waals surface area contributed by atoms with E-state index in [2.05, 4.69) is 0 Å². The number of hydrogen-bond donors (Lipinski definition) is 0. The first-order valence-corrected chi connectivity index (χ1v) is 6.72. The zero-order chi connectivity index (χ0) is 12.2. The van der Waals surface area contributed by atoms with Crippen LogP contribution >= 0.6 is 0 Å². The van der Waals surface area contributed by atoms with Gasteiger partial charge in [0.15, 0.2) is 15.6 Å². The van der Waals surface area contributed by atoms with E-state index in [1.807, 2.05) is 0 Å². The molecule has 0 saturated heterocycles. The highest BCUT2D eigenvalue weighted by Gasteiger charge is 2.15. The summed E-state index contributed by atoms with van der Waals surface area (Å²) in [6.45, 7) is 1.48. The van der Waals surface area contributed by atoms with E-state index in [0.29, 0.717) is 0 Å². The Balaban J connectivity index is 2.70. The van der Waals surface area contributed by atoms with Gasteiger partial charge < -0.3 is 0 Å². The zero-order valence-electron chi connectivity index (χ0n) is 8.94. The zero-order valence-corrected chi connectivity index (χ0v) is 9.76. The van der Waals surface area contributed by atoms with E-state index in [9.17, 15) is 17.6 Å². The third-order valence-electron chi connectivity index (χ3n) is 2.17. The number of Topliss-reactive ketones (excluding diaryl/α,β-unsaturated/α-hetero) is 1. The molecule has 0 atom stereocenters. The largest absolute Gasteiger partial charge is 0.298 e. The van der Waals surface area contributed by atoms with Crippen LogP contribution in [0.25, 0.3) is 0 Å². The van der Waals surface area contributed by atoms with Gasteiger partial charge in [-0.1, -0.05) is 25.1 Å². The van der Waals surface area contributed by atoms with Crippen molar-refractivity contribution in [3.8, 4) is 0 Å². The maximum absolute atomic E-state index is 13.2. The maximum atomic E-state index is 13.2. The molecule has 0 amide bonds. The van der Waals surface area contributed by atoms with Crippen molar-refractivity contribution >= 4 is 15.6 Å². The summed E-state index contributed by atoms with van der Waals surface area (Å²) in [6.07, 6.45) is -0.175. The average Bonchev–Trinajstić information content (AvgIpc) is 2.21. The molecule has 0 fully saturated rings. The molecule has 0 N–H and O–H groups in total. The topological polar surface area (TPSA) is 51.2 Å². The van der Waals surface area contributed by atoms with Crippen LogP contribution in [-0.4, -0.2) is 25.7 Å². The number of rotatable bonds is 5. The predicted molar refractivity (Wildman–Crippen MR) is 59.4 cm³/mol. The van der Waals surface area contributed by atoms with E-state index in [0.717, 1.165) is 0 Å². The fourth-order valence-corrected chi connectivity index (χ4v) is 2.05. The summed E-state index contributed by atoms with van der Waals surface area (Å²) in [4.78, 5) is 11.4. The van der Waals surface area contributed by atoms with E-state index in [1.54, 1.807) is 6.07 Å². The summed E-state index contributed by atoms with van der Waals surface area (Å²) < 4.78 is 35.5. The molecular weight excluding hydrogens is 231 g/mol. The smallest absolute Gasteiger partial charge is 0.157 e. The van der Waals surface area contributed by atoms with Gasteiger partial charge >= 0.3 is 0 Å². The van der Waals surface area contributed by atoms with E-state index in [4.69, 9.17) is 0 Å². The molecule has 0 unspecified atom stereocenters. The van der Waals surface area contributed by atoms with Crippen molar-refractivity contribution in [3.63, 3.8) is 0 Å². The Kier molecular flexibility index (Phi) is 4.18. The van der Waals surface area contributed by atoms with Crippen LogP contribution < -0.4 is 0 Å². The van der Waals surface area contributed by atoms with E-state index >= 15 is 0 Å². The third kappa shape index (κ3) is 3.73. The first kappa shape index (κ1) is 12.8. The second-order valence-electron chi connectivity index (χ2n) is 3.48. The molecule has 1 aromatic carbocycles. The number of carbonyl (C=O) groups is 1. The van der Waals surface area contributed by atoms with Crippen molar-refractivity contribution in [2.45, 2.75) is 13.3 Å². The van der Waals surface area contributed by atoms with Gasteiger partial charge in [-0.15, -0.1) is 0 Å². The Morgan fingerprint density at radius 1 is 1.31 bits per heavy atom. The lowest BCUT2D eigenvalue weighted by Crippen LogP contribution is -2.19. The lowest BCUT2D eigenvalue weighted by molar-refractivity contribution is -0.116. The first-order valence-electron chi connectivity index (χ1n) is 4.90. The standard InChI is InChI=1S/C11H13FO3S/c1-2-16(14,15)8-10(13)7-9-5-3-4-6-11(9)12/h3-6H,2,7-8H2,1H3. The Bertz CT molecular complexity index is 480. The molecule has 0 radical (unpaired) electrons. The Hall–Kier alpha value is -1.23. The molecule has 0 bridgehead atoms. The molecule has 3 nitrogen and oxygen atoms in total. The van der Waals surface area contributed by atoms with Crippen LogP contribution in [-0.2, 0) is 21.1 Å². The van der Waals surface area contributed by atoms with Crippen LogP contribution in [0.2, 0.25) is 0 Å². The van der Waals surface area contributed by atoms with Crippen molar-refractivity contribution in [1.82, 2.24) is 0 Å². The van der Waals surface area contributed by atoms with Crippen molar-refractivity contribution < 1.29 is 17.6 Å². The molecule has 0 saturated carbocycles.